The fourth-order valence-electron chi connectivity index (χ4n) is 3.23. The maximum Gasteiger partial charge on any atom is 0.242 e. The van der Waals surface area contributed by atoms with Crippen LogP contribution in [0, 0.1) is 11.8 Å². The summed E-state index contributed by atoms with van der Waals surface area (Å²) in [7, 11) is 1.75. The number of nitrogens with one attached hydrogen (secondary N) is 2. The Morgan fingerprint density at radius 1 is 1.00 bits per heavy atom. The first-order valence-electron chi connectivity index (χ1n) is 9.84. The first kappa shape index (κ1) is 19.6. The lowest BCUT2D eigenvalue weighted by Crippen LogP contribution is -2.35. The highest BCUT2D eigenvalue weighted by molar-refractivity contribution is 5.96. The van der Waals surface area contributed by atoms with Gasteiger partial charge in [0.25, 0.3) is 0 Å². The highest BCUT2D eigenvalue weighted by atomic mass is 16.2. The molecule has 0 radical (unpaired) electrons. The van der Waals surface area contributed by atoms with E-state index in [1.807, 2.05) is 54.7 Å². The highest BCUT2D eigenvalue weighted by Crippen LogP contribution is 2.30. The molecule has 0 fully saturated rings. The lowest BCUT2D eigenvalue weighted by molar-refractivity contribution is -0.117. The minimum atomic E-state index is -0.320. The molecule has 1 atom stereocenters. The summed E-state index contributed by atoms with van der Waals surface area (Å²) in [6.45, 7) is 2.49. The van der Waals surface area contributed by atoms with Crippen LogP contribution in [0.2, 0.25) is 0 Å². The van der Waals surface area contributed by atoms with Crippen molar-refractivity contribution in [3.8, 4) is 23.0 Å². The molecule has 0 saturated carbocycles. The van der Waals surface area contributed by atoms with Crippen LogP contribution in [0.5, 0.6) is 0 Å². The Bertz CT molecular complexity index is 1170. The van der Waals surface area contributed by atoms with E-state index in [0.29, 0.717) is 18.1 Å². The number of hydrogen-bond acceptors (Lipinski definition) is 4. The van der Waals surface area contributed by atoms with E-state index in [1.165, 1.54) is 5.56 Å². The lowest BCUT2D eigenvalue weighted by Gasteiger charge is -2.13. The molecule has 0 spiro atoms. The monoisotopic (exact) mass is 394 g/mol. The molecule has 1 aliphatic heterocycles. The first-order chi connectivity index (χ1) is 14.7. The number of amides is 1. The van der Waals surface area contributed by atoms with Crippen molar-refractivity contribution in [1.82, 2.24) is 10.3 Å². The van der Waals surface area contributed by atoms with Gasteiger partial charge in [-0.15, -0.1) is 0 Å². The number of nitrogens with zero attached hydrogens (tertiary/aromatic N) is 2. The molecule has 1 aliphatic rings. The second-order valence-electron chi connectivity index (χ2n) is 7.06. The third-order valence-electron chi connectivity index (χ3n) is 5.04. The van der Waals surface area contributed by atoms with Crippen LogP contribution in [0.4, 0.5) is 5.82 Å². The Morgan fingerprint density at radius 3 is 2.63 bits per heavy atom. The minimum absolute atomic E-state index is 0.146. The van der Waals surface area contributed by atoms with Gasteiger partial charge in [-0.3, -0.25) is 9.79 Å². The van der Waals surface area contributed by atoms with Crippen molar-refractivity contribution in [2.45, 2.75) is 19.5 Å². The molecule has 30 heavy (non-hydrogen) atoms. The summed E-state index contributed by atoms with van der Waals surface area (Å²) in [4.78, 5) is 21.3. The quantitative estimate of drug-likeness (QED) is 0.664. The summed E-state index contributed by atoms with van der Waals surface area (Å²) < 4.78 is 0. The smallest absolute Gasteiger partial charge is 0.242 e. The largest absolute Gasteiger partial charge is 0.309 e. The summed E-state index contributed by atoms with van der Waals surface area (Å²) in [6.07, 6.45) is 1.91. The molecule has 0 saturated heterocycles. The van der Waals surface area contributed by atoms with Crippen molar-refractivity contribution in [2.75, 3.05) is 12.4 Å². The summed E-state index contributed by atoms with van der Waals surface area (Å²) in [6, 6.07) is 19.4. The Hall–Kier alpha value is -3.75. The topological polar surface area (TPSA) is 66.4 Å². The fourth-order valence-corrected chi connectivity index (χ4v) is 3.23. The lowest BCUT2D eigenvalue weighted by atomic mass is 9.96. The Kier molecular flexibility index (Phi) is 5.69. The maximum absolute atomic E-state index is 12.3. The van der Waals surface area contributed by atoms with Gasteiger partial charge in [-0.1, -0.05) is 42.3 Å². The van der Waals surface area contributed by atoms with Gasteiger partial charge < -0.3 is 10.6 Å². The van der Waals surface area contributed by atoms with Gasteiger partial charge in [0.05, 0.1) is 12.6 Å². The number of hydrogen-bond donors (Lipinski definition) is 2. The highest BCUT2D eigenvalue weighted by Gasteiger charge is 2.17. The van der Waals surface area contributed by atoms with Crippen molar-refractivity contribution in [3.05, 3.63) is 83.0 Å². The summed E-state index contributed by atoms with van der Waals surface area (Å²) in [5.41, 5.74) is 5.77. The number of aliphatic imine (C=N–C) groups is 1. The van der Waals surface area contributed by atoms with Gasteiger partial charge in [0.15, 0.2) is 0 Å². The van der Waals surface area contributed by atoms with Crippen molar-refractivity contribution >= 4 is 17.9 Å². The number of rotatable bonds is 4. The molecule has 5 heteroatoms. The standard InChI is InChI=1S/C25H22N4O/c1-17(26-2)25(30)29-24-14-12-21(20-10-6-9-19-15-27-16-22(19)20)23(28-24)13-11-18-7-4-3-5-8-18/h3-10,12,14,16-17,26H,15H2,1-2H3,(H,28,29,30). The van der Waals surface area contributed by atoms with Crippen LogP contribution in [0.1, 0.15) is 29.3 Å². The third-order valence-corrected chi connectivity index (χ3v) is 5.04. The van der Waals surface area contributed by atoms with Crippen molar-refractivity contribution < 1.29 is 4.79 Å². The van der Waals surface area contributed by atoms with Crippen LogP contribution in [0.15, 0.2) is 65.7 Å². The minimum Gasteiger partial charge on any atom is -0.309 e. The molecule has 4 rings (SSSR count). The number of benzene rings is 2. The Morgan fingerprint density at radius 2 is 1.83 bits per heavy atom. The van der Waals surface area contributed by atoms with Gasteiger partial charge >= 0.3 is 0 Å². The molecular weight excluding hydrogens is 372 g/mol. The van der Waals surface area contributed by atoms with Gasteiger partial charge in [0, 0.05) is 22.9 Å². The van der Waals surface area contributed by atoms with Gasteiger partial charge in [0.1, 0.15) is 11.5 Å². The zero-order valence-electron chi connectivity index (χ0n) is 16.9. The Labute approximate surface area is 176 Å². The van der Waals surface area contributed by atoms with E-state index in [-0.39, 0.29) is 11.9 Å². The summed E-state index contributed by atoms with van der Waals surface area (Å²) >= 11 is 0. The number of pyridine rings is 1. The number of carbonyl (C=O) groups excluding carboxylic acids is 1. The van der Waals surface area contributed by atoms with Crippen LogP contribution in [0.25, 0.3) is 11.1 Å². The third kappa shape index (κ3) is 4.14. The van der Waals surface area contributed by atoms with E-state index in [9.17, 15) is 4.79 Å². The molecule has 1 aromatic heterocycles. The predicted octanol–water partition coefficient (Wildman–Crippen LogP) is 3.63. The molecule has 5 nitrogen and oxygen atoms in total. The average molecular weight is 394 g/mol. The van der Waals surface area contributed by atoms with E-state index in [1.54, 1.807) is 14.0 Å². The molecule has 3 aromatic rings. The number of aromatic nitrogens is 1. The van der Waals surface area contributed by atoms with E-state index in [0.717, 1.165) is 22.3 Å². The molecule has 1 unspecified atom stereocenters. The molecule has 0 aliphatic carbocycles. The van der Waals surface area contributed by atoms with Crippen LogP contribution >= 0.6 is 0 Å². The van der Waals surface area contributed by atoms with Crippen LogP contribution in [0.3, 0.4) is 0 Å². The van der Waals surface area contributed by atoms with E-state index in [2.05, 4.69) is 44.6 Å². The molecule has 2 aromatic carbocycles. The maximum atomic E-state index is 12.3. The molecule has 2 heterocycles. The number of likely N-dealkylation sites (N-methyl/N-ethyl adjacent to an activating group) is 1. The Balaban J connectivity index is 1.78. The zero-order valence-corrected chi connectivity index (χ0v) is 16.9. The number of fused-ring (bicyclic) bond motifs is 1. The fraction of sp³-hybridized carbons (Fsp3) is 0.160. The number of carbonyl (C=O) groups is 1. The SMILES string of the molecule is CNC(C)C(=O)Nc1ccc(-c2cccc3c2C=NC3)c(C#Cc2ccccc2)n1. The predicted molar refractivity (Wildman–Crippen MR) is 121 cm³/mol. The first-order valence-corrected chi connectivity index (χ1v) is 9.84. The van der Waals surface area contributed by atoms with E-state index >= 15 is 0 Å². The second kappa shape index (κ2) is 8.73. The number of anilines is 1. The van der Waals surface area contributed by atoms with Gasteiger partial charge in [0.2, 0.25) is 5.91 Å². The molecule has 2 N–H and O–H groups in total. The molecular formula is C25H22N4O. The average Bonchev–Trinajstić information content (AvgIpc) is 3.27. The molecule has 148 valence electrons. The normalized spacial score (nSPS) is 12.6. The van der Waals surface area contributed by atoms with Crippen LogP contribution in [-0.2, 0) is 11.3 Å². The van der Waals surface area contributed by atoms with E-state index < -0.39 is 0 Å². The summed E-state index contributed by atoms with van der Waals surface area (Å²) in [5, 5.41) is 5.78. The zero-order chi connectivity index (χ0) is 20.9. The molecule has 1 amide bonds. The second-order valence-corrected chi connectivity index (χ2v) is 7.06. The summed E-state index contributed by atoms with van der Waals surface area (Å²) in [5.74, 6) is 6.72. The van der Waals surface area contributed by atoms with Gasteiger partial charge in [-0.2, -0.15) is 0 Å². The van der Waals surface area contributed by atoms with E-state index in [4.69, 9.17) is 0 Å². The van der Waals surface area contributed by atoms with Crippen molar-refractivity contribution in [2.24, 2.45) is 4.99 Å². The van der Waals surface area contributed by atoms with Crippen LogP contribution in [-0.4, -0.2) is 30.2 Å². The van der Waals surface area contributed by atoms with Crippen LogP contribution < -0.4 is 10.6 Å². The van der Waals surface area contributed by atoms with Crippen molar-refractivity contribution in [3.63, 3.8) is 0 Å². The molecule has 0 bridgehead atoms. The van der Waals surface area contributed by atoms with Gasteiger partial charge in [-0.05, 0) is 55.3 Å². The van der Waals surface area contributed by atoms with Gasteiger partial charge in [-0.25, -0.2) is 4.98 Å². The van der Waals surface area contributed by atoms with Crippen molar-refractivity contribution in [1.29, 1.82) is 0 Å².